The van der Waals surface area contributed by atoms with Gasteiger partial charge in [0.2, 0.25) is 14.2 Å². The normalized spacial score (nSPS) is 17.8. The van der Waals surface area contributed by atoms with E-state index in [1.165, 1.54) is 4.90 Å². The van der Waals surface area contributed by atoms with Crippen molar-refractivity contribution >= 4 is 26.3 Å². The third-order valence-electron chi connectivity index (χ3n) is 4.92. The Kier molecular flexibility index (Phi) is 7.91. The number of carbonyl (C=O) groups is 3. The van der Waals surface area contributed by atoms with Gasteiger partial charge in [-0.3, -0.25) is 14.5 Å². The molecule has 1 aromatic carbocycles. The van der Waals surface area contributed by atoms with Crippen molar-refractivity contribution in [2.24, 2.45) is 0 Å². The molecule has 8 heteroatoms. The number of likely N-dealkylation sites (N-methyl/N-ethyl adjacent to an activating group) is 1. The van der Waals surface area contributed by atoms with E-state index in [1.807, 2.05) is 50.0 Å². The first-order chi connectivity index (χ1) is 14.3. The summed E-state index contributed by atoms with van der Waals surface area (Å²) in [5, 5.41) is 0. The van der Waals surface area contributed by atoms with Gasteiger partial charge >= 0.3 is 12.1 Å². The Morgan fingerprint density at radius 3 is 2.32 bits per heavy atom. The van der Waals surface area contributed by atoms with Gasteiger partial charge in [-0.25, -0.2) is 4.79 Å². The molecule has 0 radical (unpaired) electrons. The van der Waals surface area contributed by atoms with Gasteiger partial charge < -0.3 is 14.1 Å². The van der Waals surface area contributed by atoms with E-state index in [0.717, 1.165) is 12.0 Å². The van der Waals surface area contributed by atoms with Gasteiger partial charge in [0, 0.05) is 20.0 Å². The molecule has 1 aliphatic heterocycles. The summed E-state index contributed by atoms with van der Waals surface area (Å²) in [6.07, 6.45) is 1.07. The predicted molar refractivity (Wildman–Crippen MR) is 122 cm³/mol. The summed E-state index contributed by atoms with van der Waals surface area (Å²) in [4.78, 5) is 42.1. The van der Waals surface area contributed by atoms with Crippen molar-refractivity contribution in [1.29, 1.82) is 0 Å². The van der Waals surface area contributed by atoms with Crippen LogP contribution in [-0.2, 0) is 25.2 Å². The van der Waals surface area contributed by atoms with Gasteiger partial charge in [-0.1, -0.05) is 30.3 Å². The van der Waals surface area contributed by atoms with Crippen LogP contribution in [0.1, 0.15) is 39.2 Å². The summed E-state index contributed by atoms with van der Waals surface area (Å²) in [5.41, 5.74) is 0.250. The van der Waals surface area contributed by atoms with Crippen molar-refractivity contribution in [3.05, 3.63) is 35.9 Å². The van der Waals surface area contributed by atoms with Gasteiger partial charge in [-0.15, -0.1) is 0 Å². The third-order valence-corrected chi connectivity index (χ3v) is 5.73. The van der Waals surface area contributed by atoms with E-state index in [1.54, 1.807) is 32.7 Å². The average molecular weight is 449 g/mol. The van der Waals surface area contributed by atoms with Crippen molar-refractivity contribution < 1.29 is 23.5 Å². The highest BCUT2D eigenvalue weighted by molar-refractivity contribution is 6.71. The Bertz CT molecular complexity index is 785. The predicted octanol–water partition coefficient (Wildman–Crippen LogP) is 3.83. The molecule has 1 aromatic rings. The Balaban J connectivity index is 2.28. The fourth-order valence-corrected chi connectivity index (χ4v) is 4.26. The highest BCUT2D eigenvalue weighted by atomic mass is 28.4. The molecule has 2 amide bonds. The van der Waals surface area contributed by atoms with Crippen LogP contribution in [0.4, 0.5) is 4.79 Å². The van der Waals surface area contributed by atoms with Crippen molar-refractivity contribution in [2.75, 3.05) is 13.6 Å². The summed E-state index contributed by atoms with van der Waals surface area (Å²) in [6.45, 7) is 11.7. The molecule has 2 atom stereocenters. The van der Waals surface area contributed by atoms with Crippen LogP contribution in [0.2, 0.25) is 19.6 Å². The molecule has 31 heavy (non-hydrogen) atoms. The Labute approximate surface area is 186 Å². The summed E-state index contributed by atoms with van der Waals surface area (Å²) in [6, 6.07) is 8.15. The number of amides is 2. The van der Waals surface area contributed by atoms with Crippen LogP contribution in [-0.4, -0.2) is 67.4 Å². The SMILES string of the molecule is CN(C(=O)OC(C)(C)C)[C@@H](Cc1ccccc1)C(=O)N1CCC[C@H]1C(=O)O[Si](C)(C)C. The van der Waals surface area contributed by atoms with Gasteiger partial charge in [0.15, 0.2) is 0 Å². The summed E-state index contributed by atoms with van der Waals surface area (Å²) in [7, 11) is -0.504. The molecule has 7 nitrogen and oxygen atoms in total. The molecule has 1 heterocycles. The second-order valence-corrected chi connectivity index (χ2v) is 14.4. The molecule has 1 fully saturated rings. The first-order valence-corrected chi connectivity index (χ1v) is 14.2. The maximum Gasteiger partial charge on any atom is 0.410 e. The first kappa shape index (κ1) is 24.9. The summed E-state index contributed by atoms with van der Waals surface area (Å²) < 4.78 is 11.2. The van der Waals surface area contributed by atoms with Crippen LogP contribution >= 0.6 is 0 Å². The molecule has 0 N–H and O–H groups in total. The van der Waals surface area contributed by atoms with Gasteiger partial charge in [-0.05, 0) is 58.8 Å². The quantitative estimate of drug-likeness (QED) is 0.618. The Hall–Kier alpha value is -2.35. The van der Waals surface area contributed by atoms with E-state index in [0.29, 0.717) is 19.4 Å². The van der Waals surface area contributed by atoms with E-state index < -0.39 is 32.1 Å². The highest BCUT2D eigenvalue weighted by Gasteiger charge is 2.41. The second-order valence-electron chi connectivity index (χ2n) is 10.0. The standard InChI is InChI=1S/C23H36N2O5Si/c1-23(2,3)29-22(28)24(4)19(16-17-12-9-8-10-13-17)20(26)25-15-11-14-18(25)21(27)30-31(5,6)7/h8-10,12-13,18-19H,11,14-16H2,1-7H3/t18-,19-/m0/s1. The smallest absolute Gasteiger partial charge is 0.410 e. The largest absolute Gasteiger partial charge is 0.518 e. The maximum absolute atomic E-state index is 13.6. The third kappa shape index (κ3) is 7.38. The fraction of sp³-hybridized carbons (Fsp3) is 0.609. The lowest BCUT2D eigenvalue weighted by atomic mass is 10.0. The number of rotatable bonds is 6. The molecular weight excluding hydrogens is 412 g/mol. The summed E-state index contributed by atoms with van der Waals surface area (Å²) in [5.74, 6) is -0.601. The van der Waals surface area contributed by atoms with Crippen molar-refractivity contribution in [3.63, 3.8) is 0 Å². The molecule has 0 unspecified atom stereocenters. The molecule has 1 saturated heterocycles. The molecule has 0 saturated carbocycles. The number of hydrogen-bond donors (Lipinski definition) is 0. The number of benzene rings is 1. The number of hydrogen-bond acceptors (Lipinski definition) is 5. The minimum absolute atomic E-state index is 0.257. The zero-order chi connectivity index (χ0) is 23.4. The Morgan fingerprint density at radius 2 is 1.77 bits per heavy atom. The minimum atomic E-state index is -2.08. The van der Waals surface area contributed by atoms with Crippen LogP contribution in [0.15, 0.2) is 30.3 Å². The van der Waals surface area contributed by atoms with Crippen LogP contribution in [0.5, 0.6) is 0 Å². The van der Waals surface area contributed by atoms with Crippen LogP contribution < -0.4 is 0 Å². The second kappa shape index (κ2) is 9.85. The molecule has 0 aromatic heterocycles. The van der Waals surface area contributed by atoms with E-state index in [4.69, 9.17) is 9.16 Å². The zero-order valence-electron chi connectivity index (χ0n) is 19.8. The maximum atomic E-state index is 13.6. The fourth-order valence-electron chi connectivity index (χ4n) is 3.53. The van der Waals surface area contributed by atoms with Crippen molar-refractivity contribution in [1.82, 2.24) is 9.80 Å². The molecule has 2 rings (SSSR count). The lowest BCUT2D eigenvalue weighted by molar-refractivity contribution is -0.148. The summed E-state index contributed by atoms with van der Waals surface area (Å²) >= 11 is 0. The zero-order valence-corrected chi connectivity index (χ0v) is 20.8. The van der Waals surface area contributed by atoms with Gasteiger partial charge in [0.25, 0.3) is 0 Å². The molecule has 0 bridgehead atoms. The molecule has 0 aliphatic carbocycles. The molecule has 0 spiro atoms. The number of nitrogens with zero attached hydrogens (tertiary/aromatic N) is 2. The van der Waals surface area contributed by atoms with Gasteiger partial charge in [0.05, 0.1) is 0 Å². The molecule has 172 valence electrons. The molecule has 1 aliphatic rings. The lowest BCUT2D eigenvalue weighted by Gasteiger charge is -2.34. The van der Waals surface area contributed by atoms with E-state index in [2.05, 4.69) is 0 Å². The van der Waals surface area contributed by atoms with Crippen LogP contribution in [0.25, 0.3) is 0 Å². The number of ether oxygens (including phenoxy) is 1. The number of likely N-dealkylation sites (tertiary alicyclic amines) is 1. The minimum Gasteiger partial charge on any atom is -0.518 e. The van der Waals surface area contributed by atoms with Gasteiger partial charge in [-0.2, -0.15) is 0 Å². The Morgan fingerprint density at radius 1 is 1.16 bits per heavy atom. The highest BCUT2D eigenvalue weighted by Crippen LogP contribution is 2.24. The van der Waals surface area contributed by atoms with E-state index >= 15 is 0 Å². The lowest BCUT2D eigenvalue weighted by Crippen LogP contribution is -2.54. The van der Waals surface area contributed by atoms with Crippen molar-refractivity contribution in [3.8, 4) is 0 Å². The number of carbonyl (C=O) groups excluding carboxylic acids is 3. The van der Waals surface area contributed by atoms with Gasteiger partial charge in [0.1, 0.15) is 17.7 Å². The van der Waals surface area contributed by atoms with Crippen molar-refractivity contribution in [2.45, 2.75) is 77.4 Å². The molecular formula is C23H36N2O5Si. The van der Waals surface area contributed by atoms with Crippen LogP contribution in [0, 0.1) is 0 Å². The van der Waals surface area contributed by atoms with Crippen LogP contribution in [0.3, 0.4) is 0 Å². The first-order valence-electron chi connectivity index (χ1n) is 10.8. The topological polar surface area (TPSA) is 76.2 Å². The van der Waals surface area contributed by atoms with E-state index in [-0.39, 0.29) is 11.9 Å². The monoisotopic (exact) mass is 448 g/mol. The van der Waals surface area contributed by atoms with E-state index in [9.17, 15) is 14.4 Å². The average Bonchev–Trinajstić information content (AvgIpc) is 3.13.